The van der Waals surface area contributed by atoms with Crippen molar-refractivity contribution in [3.8, 4) is 0 Å². The summed E-state index contributed by atoms with van der Waals surface area (Å²) in [6.07, 6.45) is 0. The highest BCUT2D eigenvalue weighted by Crippen LogP contribution is 2.52. The Morgan fingerprint density at radius 1 is 1.43 bits per heavy atom. The first-order valence-corrected chi connectivity index (χ1v) is 8.10. The number of thioether (sulfide) groups is 1. The van der Waals surface area contributed by atoms with Gasteiger partial charge in [-0.25, -0.2) is 4.79 Å². The number of rotatable bonds is 3. The third-order valence-electron chi connectivity index (χ3n) is 3.37. The highest BCUT2D eigenvalue weighted by Gasteiger charge is 2.53. The minimum Gasteiger partial charge on any atom is -0.480 e. The molecule has 1 aliphatic heterocycles. The minimum atomic E-state index is -1.03. The third kappa shape index (κ3) is 3.15. The summed E-state index contributed by atoms with van der Waals surface area (Å²) in [5.41, 5.74) is 0.794. The SMILES string of the molecule is CC1(C)SC(c2cccc(Cl)c2)N(C(=O)CCl)C1C(=O)O. The van der Waals surface area contributed by atoms with Crippen LogP contribution in [0.4, 0.5) is 0 Å². The highest BCUT2D eigenvalue weighted by molar-refractivity contribution is 8.01. The number of aliphatic carboxylic acids is 1. The molecule has 2 atom stereocenters. The number of carbonyl (C=O) groups is 2. The van der Waals surface area contributed by atoms with Crippen LogP contribution in [0.5, 0.6) is 0 Å². The van der Waals surface area contributed by atoms with Crippen molar-refractivity contribution < 1.29 is 14.7 Å². The van der Waals surface area contributed by atoms with E-state index in [1.165, 1.54) is 16.7 Å². The van der Waals surface area contributed by atoms with Gasteiger partial charge in [0.25, 0.3) is 0 Å². The molecular weight excluding hydrogens is 333 g/mol. The average molecular weight is 348 g/mol. The van der Waals surface area contributed by atoms with E-state index in [-0.39, 0.29) is 5.88 Å². The van der Waals surface area contributed by atoms with Crippen molar-refractivity contribution in [2.24, 2.45) is 0 Å². The van der Waals surface area contributed by atoms with Crippen molar-refractivity contribution in [3.63, 3.8) is 0 Å². The van der Waals surface area contributed by atoms with Crippen LogP contribution in [-0.2, 0) is 9.59 Å². The maximum atomic E-state index is 12.2. The van der Waals surface area contributed by atoms with Crippen molar-refractivity contribution >= 4 is 46.8 Å². The lowest BCUT2D eigenvalue weighted by atomic mass is 10.0. The zero-order valence-corrected chi connectivity index (χ0v) is 13.9. The van der Waals surface area contributed by atoms with Gasteiger partial charge < -0.3 is 10.0 Å². The Balaban J connectivity index is 2.49. The highest BCUT2D eigenvalue weighted by atomic mass is 35.5. The Morgan fingerprint density at radius 3 is 2.62 bits per heavy atom. The van der Waals surface area contributed by atoms with Gasteiger partial charge in [-0.3, -0.25) is 4.79 Å². The fourth-order valence-electron chi connectivity index (χ4n) is 2.53. The fourth-order valence-corrected chi connectivity index (χ4v) is 4.42. The Hall–Kier alpha value is -0.910. The van der Waals surface area contributed by atoms with E-state index in [0.717, 1.165) is 5.56 Å². The van der Waals surface area contributed by atoms with Crippen molar-refractivity contribution in [2.45, 2.75) is 30.0 Å². The number of halogens is 2. The molecule has 1 N–H and O–H groups in total. The van der Waals surface area contributed by atoms with E-state index in [9.17, 15) is 14.7 Å². The normalized spacial score (nSPS) is 24.1. The summed E-state index contributed by atoms with van der Waals surface area (Å²) in [5, 5.41) is 9.64. The molecule has 1 heterocycles. The van der Waals surface area contributed by atoms with Gasteiger partial charge in [0.05, 0.1) is 0 Å². The Kier molecular flexibility index (Phi) is 4.76. The largest absolute Gasteiger partial charge is 0.480 e. The summed E-state index contributed by atoms with van der Waals surface area (Å²) in [5.74, 6) is -1.68. The molecule has 1 amide bonds. The molecule has 1 saturated heterocycles. The van der Waals surface area contributed by atoms with E-state index in [1.807, 2.05) is 19.9 Å². The minimum absolute atomic E-state index is 0.252. The number of alkyl halides is 1. The van der Waals surface area contributed by atoms with E-state index in [0.29, 0.717) is 5.02 Å². The molecule has 1 fully saturated rings. The Bertz CT molecular complexity index is 579. The molecule has 21 heavy (non-hydrogen) atoms. The van der Waals surface area contributed by atoms with Gasteiger partial charge in [-0.1, -0.05) is 23.7 Å². The second-order valence-electron chi connectivity index (χ2n) is 5.30. The van der Waals surface area contributed by atoms with E-state index in [4.69, 9.17) is 23.2 Å². The molecule has 1 aromatic rings. The second-order valence-corrected chi connectivity index (χ2v) is 7.74. The van der Waals surface area contributed by atoms with Crippen molar-refractivity contribution in [1.29, 1.82) is 0 Å². The van der Waals surface area contributed by atoms with Gasteiger partial charge in [0, 0.05) is 9.77 Å². The van der Waals surface area contributed by atoms with Gasteiger partial charge in [-0.2, -0.15) is 0 Å². The summed E-state index contributed by atoms with van der Waals surface area (Å²) < 4.78 is -0.624. The van der Waals surface area contributed by atoms with E-state index in [2.05, 4.69) is 0 Å². The maximum Gasteiger partial charge on any atom is 0.327 e. The molecule has 0 aliphatic carbocycles. The monoisotopic (exact) mass is 347 g/mol. The first-order valence-electron chi connectivity index (χ1n) is 6.31. The lowest BCUT2D eigenvalue weighted by molar-refractivity contribution is -0.150. The second kappa shape index (κ2) is 6.07. The van der Waals surface area contributed by atoms with Crippen LogP contribution in [0.3, 0.4) is 0 Å². The van der Waals surface area contributed by atoms with Crippen LogP contribution >= 0.6 is 35.0 Å². The molecule has 114 valence electrons. The van der Waals surface area contributed by atoms with Crippen LogP contribution < -0.4 is 0 Å². The first-order chi connectivity index (χ1) is 9.77. The van der Waals surface area contributed by atoms with E-state index in [1.54, 1.807) is 18.2 Å². The van der Waals surface area contributed by atoms with Gasteiger partial charge >= 0.3 is 5.97 Å². The van der Waals surface area contributed by atoms with E-state index < -0.39 is 28.0 Å². The van der Waals surface area contributed by atoms with Crippen molar-refractivity contribution in [1.82, 2.24) is 4.90 Å². The molecule has 1 aliphatic rings. The lowest BCUT2D eigenvalue weighted by Gasteiger charge is -2.29. The third-order valence-corrected chi connectivity index (χ3v) is 5.39. The van der Waals surface area contributed by atoms with Gasteiger partial charge in [0.15, 0.2) is 0 Å². The topological polar surface area (TPSA) is 57.6 Å². The number of hydrogen-bond donors (Lipinski definition) is 1. The Labute approximate surface area is 137 Å². The molecule has 2 unspecified atom stereocenters. The van der Waals surface area contributed by atoms with Crippen LogP contribution in [0.1, 0.15) is 24.8 Å². The number of carbonyl (C=O) groups excluding carboxylic acids is 1. The van der Waals surface area contributed by atoms with Crippen LogP contribution in [0.25, 0.3) is 0 Å². The lowest BCUT2D eigenvalue weighted by Crippen LogP contribution is -2.49. The van der Waals surface area contributed by atoms with Crippen LogP contribution in [-0.4, -0.2) is 38.6 Å². The van der Waals surface area contributed by atoms with Gasteiger partial charge in [0.1, 0.15) is 17.3 Å². The number of nitrogens with zero attached hydrogens (tertiary/aromatic N) is 1. The van der Waals surface area contributed by atoms with Crippen LogP contribution in [0.15, 0.2) is 24.3 Å². The number of carboxylic acid groups (broad SMARTS) is 1. The molecular formula is C14H15Cl2NO3S. The van der Waals surface area contributed by atoms with Crippen LogP contribution in [0, 0.1) is 0 Å². The number of amides is 1. The summed E-state index contributed by atoms with van der Waals surface area (Å²) >= 11 is 13.1. The number of benzene rings is 1. The summed E-state index contributed by atoms with van der Waals surface area (Å²) in [4.78, 5) is 25.1. The summed E-state index contributed by atoms with van der Waals surface area (Å²) in [7, 11) is 0. The predicted octanol–water partition coefficient (Wildman–Crippen LogP) is 3.38. The first kappa shape index (κ1) is 16.5. The standard InChI is InChI=1S/C14H15Cl2NO3S/c1-14(2)11(13(19)20)17(10(18)7-15)12(21-14)8-4-3-5-9(16)6-8/h3-6,11-12H,7H2,1-2H3,(H,19,20). The molecule has 2 rings (SSSR count). The smallest absolute Gasteiger partial charge is 0.327 e. The quantitative estimate of drug-likeness (QED) is 0.851. The molecule has 4 nitrogen and oxygen atoms in total. The maximum absolute atomic E-state index is 12.2. The van der Waals surface area contributed by atoms with Crippen molar-refractivity contribution in [2.75, 3.05) is 5.88 Å². The number of hydrogen-bond acceptors (Lipinski definition) is 3. The summed E-state index contributed by atoms with van der Waals surface area (Å²) in [6, 6.07) is 6.16. The zero-order valence-electron chi connectivity index (χ0n) is 11.5. The van der Waals surface area contributed by atoms with Gasteiger partial charge in [0.2, 0.25) is 5.91 Å². The van der Waals surface area contributed by atoms with Gasteiger partial charge in [-0.05, 0) is 31.5 Å². The molecule has 0 radical (unpaired) electrons. The average Bonchev–Trinajstić information content (AvgIpc) is 2.69. The molecule has 0 aromatic heterocycles. The molecule has 0 bridgehead atoms. The zero-order chi connectivity index (χ0) is 15.8. The van der Waals surface area contributed by atoms with E-state index >= 15 is 0 Å². The molecule has 1 aromatic carbocycles. The molecule has 0 spiro atoms. The predicted molar refractivity (Wildman–Crippen MR) is 84.9 cm³/mol. The van der Waals surface area contributed by atoms with Crippen molar-refractivity contribution in [3.05, 3.63) is 34.9 Å². The summed E-state index contributed by atoms with van der Waals surface area (Å²) in [6.45, 7) is 3.63. The fraction of sp³-hybridized carbons (Fsp3) is 0.429. The van der Waals surface area contributed by atoms with Crippen LogP contribution in [0.2, 0.25) is 5.02 Å². The van der Waals surface area contributed by atoms with Gasteiger partial charge in [-0.15, -0.1) is 23.4 Å². The molecule has 7 heteroatoms. The number of carboxylic acids is 1. The molecule has 0 saturated carbocycles. The Morgan fingerprint density at radius 2 is 2.10 bits per heavy atom.